The number of aromatic nitrogens is 2. The van der Waals surface area contributed by atoms with Crippen molar-refractivity contribution < 1.29 is 19.1 Å². The third-order valence-electron chi connectivity index (χ3n) is 4.45. The average Bonchev–Trinajstić information content (AvgIpc) is 2.72. The van der Waals surface area contributed by atoms with Crippen LogP contribution < -0.4 is 5.32 Å². The Balaban J connectivity index is 1.79. The molecule has 2 N–H and O–H groups in total. The maximum atomic E-state index is 13.6. The Hall–Kier alpha value is -3.87. The van der Waals surface area contributed by atoms with Gasteiger partial charge in [-0.25, -0.2) is 14.2 Å². The quantitative estimate of drug-likeness (QED) is 0.676. The summed E-state index contributed by atoms with van der Waals surface area (Å²) < 4.78 is 13.6. The minimum absolute atomic E-state index is 0.142. The van der Waals surface area contributed by atoms with Gasteiger partial charge in [0.25, 0.3) is 5.91 Å². The highest BCUT2D eigenvalue weighted by Gasteiger charge is 2.14. The highest BCUT2D eigenvalue weighted by molar-refractivity contribution is 6.04. The molecule has 0 aliphatic heterocycles. The molecule has 0 aliphatic carbocycles. The minimum atomic E-state index is -0.982. The first-order chi connectivity index (χ1) is 13.9. The topological polar surface area (TPSA) is 92.2 Å². The molecule has 0 saturated heterocycles. The molecule has 3 rings (SSSR count). The molecule has 6 nitrogen and oxygen atoms in total. The molecule has 0 aliphatic rings. The van der Waals surface area contributed by atoms with Crippen LogP contribution in [0.1, 0.15) is 44.3 Å². The van der Waals surface area contributed by atoms with Crippen molar-refractivity contribution in [2.24, 2.45) is 0 Å². The second-order valence-corrected chi connectivity index (χ2v) is 6.26. The van der Waals surface area contributed by atoms with Crippen LogP contribution in [0.3, 0.4) is 0 Å². The van der Waals surface area contributed by atoms with Crippen LogP contribution >= 0.6 is 0 Å². The van der Waals surface area contributed by atoms with Crippen LogP contribution in [-0.4, -0.2) is 27.0 Å². The Morgan fingerprint density at radius 2 is 1.66 bits per heavy atom. The predicted octanol–water partition coefficient (Wildman–Crippen LogP) is 4.33. The number of halogens is 1. The van der Waals surface area contributed by atoms with E-state index in [-0.39, 0.29) is 16.7 Å². The van der Waals surface area contributed by atoms with Gasteiger partial charge in [-0.15, -0.1) is 0 Å². The minimum Gasteiger partial charge on any atom is -0.478 e. The van der Waals surface area contributed by atoms with Crippen molar-refractivity contribution in [1.82, 2.24) is 9.97 Å². The number of hydrogen-bond donors (Lipinski definition) is 2. The number of aromatic carboxylic acids is 1. The second-order valence-electron chi connectivity index (χ2n) is 6.26. The number of carboxylic acid groups (broad SMARTS) is 1. The lowest BCUT2D eigenvalue weighted by atomic mass is 9.98. The summed E-state index contributed by atoms with van der Waals surface area (Å²) in [5.74, 6) is -1.71. The number of nitrogens with zero attached hydrogens (tertiary/aromatic N) is 2. The van der Waals surface area contributed by atoms with Crippen molar-refractivity contribution in [2.75, 3.05) is 5.32 Å². The molecule has 0 atom stereocenters. The first-order valence-electron chi connectivity index (χ1n) is 8.78. The molecule has 2 aromatic heterocycles. The fraction of sp³-hybridized carbons (Fsp3) is 0.0909. The van der Waals surface area contributed by atoms with Crippen molar-refractivity contribution in [3.05, 3.63) is 94.7 Å². The summed E-state index contributed by atoms with van der Waals surface area (Å²) in [5.41, 5.74) is 3.09. The smallest absolute Gasteiger partial charge is 0.335 e. The molecule has 29 heavy (non-hydrogen) atoms. The van der Waals surface area contributed by atoms with E-state index >= 15 is 0 Å². The fourth-order valence-electron chi connectivity index (χ4n) is 2.83. The van der Waals surface area contributed by atoms with Gasteiger partial charge < -0.3 is 10.4 Å². The number of carbonyl (C=O) groups is 2. The van der Waals surface area contributed by atoms with E-state index in [1.54, 1.807) is 42.6 Å². The van der Waals surface area contributed by atoms with Crippen molar-refractivity contribution in [3.8, 4) is 0 Å². The molecule has 146 valence electrons. The number of nitrogens with one attached hydrogen (secondary N) is 1. The number of amides is 1. The molecule has 0 spiro atoms. The zero-order valence-corrected chi connectivity index (χ0v) is 15.8. The van der Waals surface area contributed by atoms with E-state index in [0.29, 0.717) is 5.82 Å². The summed E-state index contributed by atoms with van der Waals surface area (Å²) in [4.78, 5) is 31.3. The summed E-state index contributed by atoms with van der Waals surface area (Å²) in [6, 6.07) is 9.98. The number of anilines is 1. The molecular weight excluding hydrogens is 373 g/mol. The molecule has 0 saturated carbocycles. The van der Waals surface area contributed by atoms with Crippen LogP contribution in [0.25, 0.3) is 5.57 Å². The lowest BCUT2D eigenvalue weighted by molar-refractivity contribution is 0.0696. The Bertz CT molecular complexity index is 1090. The van der Waals surface area contributed by atoms with Crippen molar-refractivity contribution >= 4 is 23.3 Å². The molecule has 0 fully saturated rings. The summed E-state index contributed by atoms with van der Waals surface area (Å²) in [7, 11) is 0. The molecule has 0 radical (unpaired) electrons. The Morgan fingerprint density at radius 3 is 2.24 bits per heavy atom. The normalized spacial score (nSPS) is 11.2. The summed E-state index contributed by atoms with van der Waals surface area (Å²) in [6.07, 6.45) is 5.86. The average molecular weight is 391 g/mol. The van der Waals surface area contributed by atoms with E-state index in [4.69, 9.17) is 5.11 Å². The van der Waals surface area contributed by atoms with Crippen molar-refractivity contribution in [2.45, 2.75) is 13.8 Å². The van der Waals surface area contributed by atoms with Crippen LogP contribution in [0.4, 0.5) is 10.2 Å². The van der Waals surface area contributed by atoms with Gasteiger partial charge in [-0.3, -0.25) is 9.78 Å². The van der Waals surface area contributed by atoms with Gasteiger partial charge in [0.05, 0.1) is 17.3 Å². The molecule has 3 aromatic rings. The van der Waals surface area contributed by atoms with E-state index in [2.05, 4.69) is 15.3 Å². The first kappa shape index (κ1) is 19.9. The molecule has 7 heteroatoms. The van der Waals surface area contributed by atoms with Gasteiger partial charge in [-0.1, -0.05) is 18.2 Å². The van der Waals surface area contributed by atoms with Crippen molar-refractivity contribution in [1.29, 1.82) is 0 Å². The maximum absolute atomic E-state index is 13.6. The first-order valence-corrected chi connectivity index (χ1v) is 8.78. The molecular formula is C22H18FN3O3. The monoisotopic (exact) mass is 391 g/mol. The van der Waals surface area contributed by atoms with Crippen LogP contribution in [-0.2, 0) is 0 Å². The number of benzene rings is 1. The molecule has 1 aromatic carbocycles. The van der Waals surface area contributed by atoms with Crippen LogP contribution in [0, 0.1) is 12.7 Å². The molecule has 2 heterocycles. The summed E-state index contributed by atoms with van der Waals surface area (Å²) >= 11 is 0. The van der Waals surface area contributed by atoms with Gasteiger partial charge in [0.15, 0.2) is 0 Å². The van der Waals surface area contributed by atoms with Gasteiger partial charge in [-0.05, 0) is 49.2 Å². The number of rotatable bonds is 5. The Morgan fingerprint density at radius 1 is 1.00 bits per heavy atom. The SMILES string of the molecule is CC=C(c1ccc(C(=O)O)cc1)c1ccc(NC(=O)c2cncc(F)c2C)nc1. The third kappa shape index (κ3) is 4.35. The van der Waals surface area contributed by atoms with E-state index in [9.17, 15) is 14.0 Å². The second kappa shape index (κ2) is 8.43. The lowest BCUT2D eigenvalue weighted by Gasteiger charge is -2.10. The van der Waals surface area contributed by atoms with E-state index in [1.807, 2.05) is 13.0 Å². The standard InChI is InChI=1S/C22H18FN3O3/c1-3-17(14-4-6-15(7-5-14)22(28)29)16-8-9-20(25-10-16)26-21(27)18-11-24-12-19(23)13(18)2/h3-12H,1-2H3,(H,28,29)(H,25,26,27). The van der Waals surface area contributed by atoms with E-state index in [0.717, 1.165) is 22.9 Å². The van der Waals surface area contributed by atoms with Gasteiger partial charge in [0.2, 0.25) is 0 Å². The number of carboxylic acids is 1. The van der Waals surface area contributed by atoms with Gasteiger partial charge in [0.1, 0.15) is 11.6 Å². The van der Waals surface area contributed by atoms with Crippen LogP contribution in [0.2, 0.25) is 0 Å². The zero-order valence-electron chi connectivity index (χ0n) is 15.8. The predicted molar refractivity (Wildman–Crippen MR) is 107 cm³/mol. The number of allylic oxidation sites excluding steroid dienone is 1. The lowest BCUT2D eigenvalue weighted by Crippen LogP contribution is -2.15. The fourth-order valence-corrected chi connectivity index (χ4v) is 2.83. The maximum Gasteiger partial charge on any atom is 0.335 e. The summed E-state index contributed by atoms with van der Waals surface area (Å²) in [5, 5.41) is 11.7. The Kier molecular flexibility index (Phi) is 5.78. The molecule has 0 unspecified atom stereocenters. The van der Waals surface area contributed by atoms with Gasteiger partial charge in [-0.2, -0.15) is 0 Å². The number of pyridine rings is 2. The van der Waals surface area contributed by atoms with Crippen LogP contribution in [0.15, 0.2) is 61.1 Å². The zero-order chi connectivity index (χ0) is 21.0. The Labute approximate surface area is 166 Å². The molecule has 1 amide bonds. The highest BCUT2D eigenvalue weighted by Crippen LogP contribution is 2.24. The van der Waals surface area contributed by atoms with Crippen molar-refractivity contribution in [3.63, 3.8) is 0 Å². The summed E-state index contributed by atoms with van der Waals surface area (Å²) in [6.45, 7) is 3.38. The van der Waals surface area contributed by atoms with Gasteiger partial charge in [0, 0.05) is 23.5 Å². The largest absolute Gasteiger partial charge is 0.478 e. The third-order valence-corrected chi connectivity index (χ3v) is 4.45. The van der Waals surface area contributed by atoms with E-state index in [1.165, 1.54) is 13.1 Å². The number of carbonyl (C=O) groups excluding carboxylic acids is 1. The molecule has 0 bridgehead atoms. The highest BCUT2D eigenvalue weighted by atomic mass is 19.1. The number of hydrogen-bond acceptors (Lipinski definition) is 4. The van der Waals surface area contributed by atoms with Crippen LogP contribution in [0.5, 0.6) is 0 Å². The van der Waals surface area contributed by atoms with E-state index < -0.39 is 17.7 Å². The van der Waals surface area contributed by atoms with Gasteiger partial charge >= 0.3 is 5.97 Å².